The number of hydrogen-bond acceptors (Lipinski definition) is 4. The fourth-order valence-corrected chi connectivity index (χ4v) is 4.22. The molecule has 0 amide bonds. The lowest BCUT2D eigenvalue weighted by atomic mass is 10.0. The average Bonchev–Trinajstić information content (AvgIpc) is 3.41. The van der Waals surface area contributed by atoms with Crippen LogP contribution in [0.2, 0.25) is 0 Å². The van der Waals surface area contributed by atoms with Crippen molar-refractivity contribution in [1.82, 2.24) is 9.55 Å². The minimum Gasteiger partial charge on any atom is -0.435 e. The minimum atomic E-state index is -0.294. The van der Waals surface area contributed by atoms with Gasteiger partial charge in [0, 0.05) is 30.3 Å². The zero-order valence-corrected chi connectivity index (χ0v) is 16.6. The summed E-state index contributed by atoms with van der Waals surface area (Å²) in [6, 6.07) is 23.1. The zero-order chi connectivity index (χ0) is 21.1. The van der Waals surface area contributed by atoms with Gasteiger partial charge in [-0.15, -0.1) is 0 Å². The number of aromatic nitrogens is 2. The minimum absolute atomic E-state index is 0.0835. The molecule has 1 aliphatic rings. The number of rotatable bonds is 2. The Bertz CT molecular complexity index is 1510. The Hall–Kier alpha value is -4.25. The first kappa shape index (κ1) is 17.6. The molecule has 5 heteroatoms. The van der Waals surface area contributed by atoms with Crippen LogP contribution >= 0.6 is 0 Å². The SMILES string of the molecule is Cn1c(-c2ccccc2)cc2oc(C=C3C(=O)c4cc5ccccc5cc4C3=O)nc21. The number of aryl methyl sites for hydroxylation is 1. The van der Waals surface area contributed by atoms with E-state index in [1.807, 2.05) is 72.3 Å². The van der Waals surface area contributed by atoms with E-state index in [0.717, 1.165) is 22.0 Å². The third kappa shape index (κ3) is 2.60. The highest BCUT2D eigenvalue weighted by molar-refractivity contribution is 6.42. The van der Waals surface area contributed by atoms with Crippen LogP contribution in [0.15, 0.2) is 82.8 Å². The van der Waals surface area contributed by atoms with Crippen LogP contribution in [0.25, 0.3) is 39.3 Å². The molecule has 0 saturated heterocycles. The summed E-state index contributed by atoms with van der Waals surface area (Å²) in [6.07, 6.45) is 1.46. The maximum Gasteiger partial charge on any atom is 0.222 e. The number of carbonyl (C=O) groups excluding carboxylic acids is 2. The molecule has 0 saturated carbocycles. The van der Waals surface area contributed by atoms with Gasteiger partial charge in [0.15, 0.2) is 22.8 Å². The molecule has 0 N–H and O–H groups in total. The van der Waals surface area contributed by atoms with Gasteiger partial charge >= 0.3 is 0 Å². The Balaban J connectivity index is 1.42. The van der Waals surface area contributed by atoms with Gasteiger partial charge in [-0.1, -0.05) is 54.6 Å². The highest BCUT2D eigenvalue weighted by Gasteiger charge is 2.34. The van der Waals surface area contributed by atoms with Crippen LogP contribution < -0.4 is 0 Å². The number of carbonyl (C=O) groups is 2. The van der Waals surface area contributed by atoms with Crippen LogP contribution in [-0.2, 0) is 7.05 Å². The molecule has 0 fully saturated rings. The topological polar surface area (TPSA) is 65.1 Å². The molecule has 0 radical (unpaired) electrons. The van der Waals surface area contributed by atoms with Gasteiger partial charge in [-0.25, -0.2) is 0 Å². The molecule has 31 heavy (non-hydrogen) atoms. The highest BCUT2D eigenvalue weighted by Crippen LogP contribution is 2.33. The summed E-state index contributed by atoms with van der Waals surface area (Å²) >= 11 is 0. The first-order valence-electron chi connectivity index (χ1n) is 9.96. The van der Waals surface area contributed by atoms with Crippen LogP contribution in [0.5, 0.6) is 0 Å². The van der Waals surface area contributed by atoms with Crippen LogP contribution in [-0.4, -0.2) is 21.1 Å². The number of allylic oxidation sites excluding steroid dienone is 1. The summed E-state index contributed by atoms with van der Waals surface area (Å²) in [6.45, 7) is 0. The second-order valence-corrected chi connectivity index (χ2v) is 7.66. The Morgan fingerprint density at radius 1 is 0.839 bits per heavy atom. The predicted molar refractivity (Wildman–Crippen MR) is 119 cm³/mol. The van der Waals surface area contributed by atoms with Gasteiger partial charge in [-0.3, -0.25) is 9.59 Å². The quantitative estimate of drug-likeness (QED) is 0.290. The smallest absolute Gasteiger partial charge is 0.222 e. The van der Waals surface area contributed by atoms with Crippen molar-refractivity contribution >= 4 is 39.6 Å². The third-order valence-corrected chi connectivity index (χ3v) is 5.80. The molecule has 5 aromatic rings. The number of fused-ring (bicyclic) bond motifs is 3. The second kappa shape index (κ2) is 6.37. The van der Waals surface area contributed by atoms with Crippen molar-refractivity contribution in [2.24, 2.45) is 7.05 Å². The Labute approximate surface area is 177 Å². The maximum absolute atomic E-state index is 13.0. The van der Waals surface area contributed by atoms with Gasteiger partial charge in [0.25, 0.3) is 0 Å². The number of ketones is 2. The Kier molecular flexibility index (Phi) is 3.62. The molecular formula is C26H16N2O3. The van der Waals surface area contributed by atoms with Crippen LogP contribution in [0.4, 0.5) is 0 Å². The molecule has 0 unspecified atom stereocenters. The monoisotopic (exact) mass is 404 g/mol. The fraction of sp³-hybridized carbons (Fsp3) is 0.0385. The summed E-state index contributed by atoms with van der Waals surface area (Å²) in [4.78, 5) is 30.4. The van der Waals surface area contributed by atoms with Crippen LogP contribution in [0.1, 0.15) is 26.6 Å². The average molecular weight is 404 g/mol. The zero-order valence-electron chi connectivity index (χ0n) is 16.6. The van der Waals surface area contributed by atoms with Crippen molar-refractivity contribution in [3.05, 3.63) is 95.4 Å². The van der Waals surface area contributed by atoms with E-state index in [9.17, 15) is 9.59 Å². The van der Waals surface area contributed by atoms with Crippen molar-refractivity contribution in [1.29, 1.82) is 0 Å². The molecule has 1 aliphatic carbocycles. The summed E-state index contributed by atoms with van der Waals surface area (Å²) in [7, 11) is 1.91. The van der Waals surface area contributed by atoms with E-state index in [4.69, 9.17) is 4.42 Å². The van der Waals surface area contributed by atoms with Gasteiger partial charge in [0.2, 0.25) is 5.89 Å². The number of benzene rings is 3. The van der Waals surface area contributed by atoms with E-state index in [0.29, 0.717) is 22.4 Å². The van der Waals surface area contributed by atoms with Gasteiger partial charge < -0.3 is 8.98 Å². The Morgan fingerprint density at radius 2 is 1.45 bits per heavy atom. The van der Waals surface area contributed by atoms with E-state index >= 15 is 0 Å². The predicted octanol–water partition coefficient (Wildman–Crippen LogP) is 5.45. The molecule has 2 aromatic heterocycles. The number of oxazole rings is 1. The fourth-order valence-electron chi connectivity index (χ4n) is 4.22. The van der Waals surface area contributed by atoms with Gasteiger partial charge in [-0.05, 0) is 28.5 Å². The lowest BCUT2D eigenvalue weighted by Gasteiger charge is -2.02. The molecule has 6 rings (SSSR count). The number of Topliss-reactive ketones (excluding diaryl/α,β-unsaturated/α-hetero) is 2. The molecule has 0 atom stereocenters. The normalized spacial score (nSPS) is 13.4. The molecule has 0 spiro atoms. The molecule has 148 valence electrons. The molecule has 5 nitrogen and oxygen atoms in total. The van der Waals surface area contributed by atoms with Gasteiger partial charge in [-0.2, -0.15) is 4.98 Å². The Morgan fingerprint density at radius 3 is 2.06 bits per heavy atom. The van der Waals surface area contributed by atoms with E-state index in [1.165, 1.54) is 6.08 Å². The molecule has 0 aliphatic heterocycles. The number of nitrogens with zero attached hydrogens (tertiary/aromatic N) is 2. The van der Waals surface area contributed by atoms with E-state index < -0.39 is 0 Å². The second-order valence-electron chi connectivity index (χ2n) is 7.66. The van der Waals surface area contributed by atoms with Crippen LogP contribution in [0.3, 0.4) is 0 Å². The van der Waals surface area contributed by atoms with Crippen molar-refractivity contribution in [3.63, 3.8) is 0 Å². The molecule has 3 aromatic carbocycles. The first-order chi connectivity index (χ1) is 15.1. The van der Waals surface area contributed by atoms with Gasteiger partial charge in [0.05, 0.1) is 11.3 Å². The standard InChI is InChI=1S/C26H16N2O3/c1-28-21(15-7-3-2-4-8-15)14-22-26(28)27-23(31-22)13-20-24(29)18-11-16-9-5-6-10-17(16)12-19(18)25(20)30/h2-14H,1H3. The molecular weight excluding hydrogens is 388 g/mol. The summed E-state index contributed by atoms with van der Waals surface area (Å²) in [5, 5.41) is 1.86. The third-order valence-electron chi connectivity index (χ3n) is 5.80. The lowest BCUT2D eigenvalue weighted by molar-refractivity contribution is 0.0990. The maximum atomic E-state index is 13.0. The first-order valence-corrected chi connectivity index (χ1v) is 9.96. The van der Waals surface area contributed by atoms with Gasteiger partial charge in [0.1, 0.15) is 0 Å². The van der Waals surface area contributed by atoms with E-state index in [-0.39, 0.29) is 23.0 Å². The van der Waals surface area contributed by atoms with Crippen molar-refractivity contribution < 1.29 is 14.0 Å². The summed E-state index contributed by atoms with van der Waals surface area (Å²) < 4.78 is 7.81. The highest BCUT2D eigenvalue weighted by atomic mass is 16.3. The number of hydrogen-bond donors (Lipinski definition) is 0. The van der Waals surface area contributed by atoms with Crippen molar-refractivity contribution in [2.45, 2.75) is 0 Å². The van der Waals surface area contributed by atoms with E-state index in [1.54, 1.807) is 12.1 Å². The summed E-state index contributed by atoms with van der Waals surface area (Å²) in [5.74, 6) is -0.342. The largest absolute Gasteiger partial charge is 0.435 e. The lowest BCUT2D eigenvalue weighted by Crippen LogP contribution is -2.00. The molecule has 2 heterocycles. The summed E-state index contributed by atoms with van der Waals surface area (Å²) in [5.41, 5.74) is 4.24. The van der Waals surface area contributed by atoms with Crippen molar-refractivity contribution in [3.8, 4) is 11.3 Å². The van der Waals surface area contributed by atoms with E-state index in [2.05, 4.69) is 4.98 Å². The molecule has 0 bridgehead atoms. The van der Waals surface area contributed by atoms with Crippen LogP contribution in [0, 0.1) is 0 Å². The van der Waals surface area contributed by atoms with Crippen molar-refractivity contribution in [2.75, 3.05) is 0 Å².